The quantitative estimate of drug-likeness (QED) is 0.464. The molecule has 0 radical (unpaired) electrons. The van der Waals surface area contributed by atoms with Gasteiger partial charge in [0.15, 0.2) is 0 Å². The Labute approximate surface area is 60.8 Å². The van der Waals surface area contributed by atoms with E-state index in [1.807, 2.05) is 0 Å². The van der Waals surface area contributed by atoms with E-state index < -0.39 is 5.97 Å². The summed E-state index contributed by atoms with van der Waals surface area (Å²) in [5.74, 6) is -0.981. The van der Waals surface area contributed by atoms with Gasteiger partial charge in [0.2, 0.25) is 0 Å². The molecule has 0 bridgehead atoms. The number of carbonyl (C=O) groups is 1. The van der Waals surface area contributed by atoms with Crippen LogP contribution in [0.4, 0.5) is 0 Å². The molecule has 0 heterocycles. The number of carboxylic acid groups (broad SMARTS) is 1. The van der Waals surface area contributed by atoms with Crippen LogP contribution in [0.3, 0.4) is 0 Å². The van der Waals surface area contributed by atoms with Crippen LogP contribution in [-0.2, 0) is 4.79 Å². The van der Waals surface area contributed by atoms with Gasteiger partial charge >= 0.3 is 5.97 Å². The molecular weight excluding hydrogens is 130 g/mol. The molecule has 1 N–H and O–H groups in total. The Bertz CT molecular complexity index is 123. The highest BCUT2D eigenvalue weighted by Crippen LogP contribution is 2.04. The zero-order valence-electron chi connectivity index (χ0n) is 6.21. The summed E-state index contributed by atoms with van der Waals surface area (Å²) in [5.41, 5.74) is 0. The van der Waals surface area contributed by atoms with Crippen LogP contribution in [0.2, 0.25) is 0 Å². The van der Waals surface area contributed by atoms with Gasteiger partial charge in [-0.1, -0.05) is 6.92 Å². The molecule has 3 nitrogen and oxygen atoms in total. The van der Waals surface area contributed by atoms with Crippen LogP contribution in [-0.4, -0.2) is 24.3 Å². The van der Waals surface area contributed by atoms with Crippen molar-refractivity contribution in [1.82, 2.24) is 0 Å². The van der Waals surface area contributed by atoms with Gasteiger partial charge in [-0.05, 0) is 19.6 Å². The van der Waals surface area contributed by atoms with Crippen molar-refractivity contribution in [2.24, 2.45) is 10.9 Å². The molecular formula is C7H13NO2. The van der Waals surface area contributed by atoms with E-state index in [4.69, 9.17) is 5.11 Å². The first kappa shape index (κ1) is 9.14. The zero-order chi connectivity index (χ0) is 7.98. The number of aliphatic carboxylic acids is 1. The summed E-state index contributed by atoms with van der Waals surface area (Å²) in [7, 11) is 0. The van der Waals surface area contributed by atoms with Crippen molar-refractivity contribution in [3.63, 3.8) is 0 Å². The molecule has 0 aromatic heterocycles. The molecule has 3 heteroatoms. The lowest BCUT2D eigenvalue weighted by atomic mass is 10.1. The van der Waals surface area contributed by atoms with E-state index in [2.05, 4.69) is 11.7 Å². The molecule has 58 valence electrons. The molecule has 0 aromatic rings. The van der Waals surface area contributed by atoms with E-state index in [9.17, 15) is 4.79 Å². The molecule has 0 saturated heterocycles. The van der Waals surface area contributed by atoms with E-state index in [0.29, 0.717) is 13.0 Å². The van der Waals surface area contributed by atoms with Crippen LogP contribution in [0, 0.1) is 5.92 Å². The highest BCUT2D eigenvalue weighted by Gasteiger charge is 2.08. The van der Waals surface area contributed by atoms with Crippen LogP contribution in [0.1, 0.15) is 19.8 Å². The fourth-order valence-corrected chi connectivity index (χ4v) is 0.633. The highest BCUT2D eigenvalue weighted by atomic mass is 16.4. The number of hydrogen-bond donors (Lipinski definition) is 1. The Hall–Kier alpha value is -0.860. The average Bonchev–Trinajstić information content (AvgIpc) is 1.88. The topological polar surface area (TPSA) is 49.7 Å². The Kier molecular flexibility index (Phi) is 4.54. The molecule has 0 aliphatic carbocycles. The summed E-state index contributed by atoms with van der Waals surface area (Å²) in [6.45, 7) is 5.67. The predicted molar refractivity (Wildman–Crippen MR) is 40.4 cm³/mol. The standard InChI is InChI=1S/C7H13NO2/c1-6(7(9)10)4-3-5-8-2/h6H,2-5H2,1H3,(H,9,10)/t6-/m0/s1. The van der Waals surface area contributed by atoms with Gasteiger partial charge < -0.3 is 10.1 Å². The Balaban J connectivity index is 3.30. The van der Waals surface area contributed by atoms with Gasteiger partial charge in [-0.15, -0.1) is 0 Å². The van der Waals surface area contributed by atoms with Gasteiger partial charge in [-0.3, -0.25) is 4.79 Å². The maximum Gasteiger partial charge on any atom is 0.306 e. The van der Waals surface area contributed by atoms with Gasteiger partial charge in [0, 0.05) is 6.54 Å². The lowest BCUT2D eigenvalue weighted by Crippen LogP contribution is -2.09. The number of carboxylic acids is 1. The SMILES string of the molecule is C=NCCC[C@H](C)C(=O)O. The van der Waals surface area contributed by atoms with Crippen molar-refractivity contribution in [1.29, 1.82) is 0 Å². The van der Waals surface area contributed by atoms with Crippen LogP contribution in [0.25, 0.3) is 0 Å². The summed E-state index contributed by atoms with van der Waals surface area (Å²) < 4.78 is 0. The van der Waals surface area contributed by atoms with Crippen LogP contribution in [0.15, 0.2) is 4.99 Å². The van der Waals surface area contributed by atoms with E-state index >= 15 is 0 Å². The Morgan fingerprint density at radius 3 is 2.80 bits per heavy atom. The molecule has 0 fully saturated rings. The van der Waals surface area contributed by atoms with Gasteiger partial charge in [-0.2, -0.15) is 0 Å². The summed E-state index contributed by atoms with van der Waals surface area (Å²) in [6, 6.07) is 0. The number of nitrogens with zero attached hydrogens (tertiary/aromatic N) is 1. The first-order chi connectivity index (χ1) is 4.68. The molecule has 0 amide bonds. The average molecular weight is 143 g/mol. The molecule has 0 aliphatic rings. The minimum Gasteiger partial charge on any atom is -0.481 e. The lowest BCUT2D eigenvalue weighted by Gasteiger charge is -2.02. The second-order valence-corrected chi connectivity index (χ2v) is 2.33. The van der Waals surface area contributed by atoms with E-state index in [1.165, 1.54) is 0 Å². The highest BCUT2D eigenvalue weighted by molar-refractivity contribution is 5.69. The van der Waals surface area contributed by atoms with Crippen molar-refractivity contribution in [2.45, 2.75) is 19.8 Å². The summed E-state index contributed by atoms with van der Waals surface area (Å²) in [4.78, 5) is 13.9. The summed E-state index contributed by atoms with van der Waals surface area (Å²) >= 11 is 0. The molecule has 0 aliphatic heterocycles. The van der Waals surface area contributed by atoms with Crippen LogP contribution >= 0.6 is 0 Å². The minimum absolute atomic E-state index is 0.248. The number of aliphatic imine (C=N–C) groups is 1. The minimum atomic E-state index is -0.732. The molecule has 0 saturated carbocycles. The first-order valence-electron chi connectivity index (χ1n) is 3.33. The van der Waals surface area contributed by atoms with Crippen molar-refractivity contribution < 1.29 is 9.90 Å². The first-order valence-corrected chi connectivity index (χ1v) is 3.33. The van der Waals surface area contributed by atoms with E-state index in [0.717, 1.165) is 6.42 Å². The normalized spacial score (nSPS) is 12.5. The molecule has 10 heavy (non-hydrogen) atoms. The largest absolute Gasteiger partial charge is 0.481 e. The number of rotatable bonds is 5. The smallest absolute Gasteiger partial charge is 0.306 e. The van der Waals surface area contributed by atoms with Crippen molar-refractivity contribution >= 4 is 12.7 Å². The fourth-order valence-electron chi connectivity index (χ4n) is 0.633. The fraction of sp³-hybridized carbons (Fsp3) is 0.714. The maximum atomic E-state index is 10.2. The Morgan fingerprint density at radius 2 is 2.40 bits per heavy atom. The second kappa shape index (κ2) is 4.97. The van der Waals surface area contributed by atoms with E-state index in [-0.39, 0.29) is 5.92 Å². The predicted octanol–water partition coefficient (Wildman–Crippen LogP) is 1.19. The third-order valence-electron chi connectivity index (χ3n) is 1.37. The van der Waals surface area contributed by atoms with Crippen molar-refractivity contribution in [3.05, 3.63) is 0 Å². The van der Waals surface area contributed by atoms with Gasteiger partial charge in [0.25, 0.3) is 0 Å². The maximum absolute atomic E-state index is 10.2. The second-order valence-electron chi connectivity index (χ2n) is 2.33. The number of hydrogen-bond acceptors (Lipinski definition) is 2. The summed E-state index contributed by atoms with van der Waals surface area (Å²) in [6.07, 6.45) is 1.51. The molecule has 0 unspecified atom stereocenters. The third-order valence-corrected chi connectivity index (χ3v) is 1.37. The third kappa shape index (κ3) is 4.06. The van der Waals surface area contributed by atoms with Crippen molar-refractivity contribution in [2.75, 3.05) is 6.54 Å². The Morgan fingerprint density at radius 1 is 1.80 bits per heavy atom. The van der Waals surface area contributed by atoms with Gasteiger partial charge in [-0.25, -0.2) is 0 Å². The van der Waals surface area contributed by atoms with Crippen LogP contribution in [0.5, 0.6) is 0 Å². The van der Waals surface area contributed by atoms with Crippen molar-refractivity contribution in [3.8, 4) is 0 Å². The zero-order valence-corrected chi connectivity index (χ0v) is 6.21. The molecule has 1 atom stereocenters. The molecule has 0 rings (SSSR count). The molecule has 0 spiro atoms. The summed E-state index contributed by atoms with van der Waals surface area (Å²) in [5, 5.41) is 8.44. The van der Waals surface area contributed by atoms with Crippen LogP contribution < -0.4 is 0 Å². The van der Waals surface area contributed by atoms with Gasteiger partial charge in [0.1, 0.15) is 0 Å². The molecule has 0 aromatic carbocycles. The van der Waals surface area contributed by atoms with Gasteiger partial charge in [0.05, 0.1) is 5.92 Å². The monoisotopic (exact) mass is 143 g/mol. The lowest BCUT2D eigenvalue weighted by molar-refractivity contribution is -0.141. The van der Waals surface area contributed by atoms with E-state index in [1.54, 1.807) is 6.92 Å².